The van der Waals surface area contributed by atoms with Gasteiger partial charge in [-0.1, -0.05) is 0 Å². The van der Waals surface area contributed by atoms with Gasteiger partial charge in [0.15, 0.2) is 0 Å². The Balaban J connectivity index is 0. The number of hydrogen-bond donors (Lipinski definition) is 0. The van der Waals surface area contributed by atoms with Gasteiger partial charge in [-0.3, -0.25) is 0 Å². The zero-order valence-corrected chi connectivity index (χ0v) is 9.14. The summed E-state index contributed by atoms with van der Waals surface area (Å²) in [6.45, 7) is 0. The molecule has 0 aromatic heterocycles. The molecule has 0 aliphatic carbocycles. The van der Waals surface area contributed by atoms with Crippen molar-refractivity contribution in [3.8, 4) is 0 Å². The van der Waals surface area contributed by atoms with E-state index in [2.05, 4.69) is 0 Å². The van der Waals surface area contributed by atoms with Crippen LogP contribution in [0.15, 0.2) is 0 Å². The molecular formula is CoFeMoNiPt. The third-order valence-corrected chi connectivity index (χ3v) is 0. The summed E-state index contributed by atoms with van der Waals surface area (Å²) in [5, 5.41) is 0. The van der Waals surface area contributed by atoms with E-state index >= 15 is 0 Å². The molecule has 0 N–H and O–H groups in total. The molecule has 0 aliphatic rings. The van der Waals surface area contributed by atoms with E-state index in [9.17, 15) is 0 Å². The second kappa shape index (κ2) is 28.6. The Bertz CT molecular complexity index is 11.6. The smallest absolute Gasteiger partial charge is 0 e. The van der Waals surface area contributed by atoms with Gasteiger partial charge in [0.2, 0.25) is 0 Å². The summed E-state index contributed by atoms with van der Waals surface area (Å²) >= 11 is 0. The van der Waals surface area contributed by atoms with Crippen molar-refractivity contribution in [1.82, 2.24) is 0 Å². The van der Waals surface area contributed by atoms with Crippen molar-refractivity contribution >= 4 is 0 Å². The van der Waals surface area contributed by atoms with E-state index in [1.165, 1.54) is 0 Å². The van der Waals surface area contributed by atoms with Crippen LogP contribution in [0.4, 0.5) is 0 Å². The quantitative estimate of drug-likeness (QED) is 0.443. The maximum absolute atomic E-state index is 0. The Labute approximate surface area is 91.1 Å². The minimum absolute atomic E-state index is 0. The molecule has 0 amide bonds. The van der Waals surface area contributed by atoms with E-state index in [1.807, 2.05) is 0 Å². The van der Waals surface area contributed by atoms with Crippen molar-refractivity contribution in [3.05, 3.63) is 0 Å². The van der Waals surface area contributed by atoms with Gasteiger partial charge in [-0.25, -0.2) is 0 Å². The summed E-state index contributed by atoms with van der Waals surface area (Å²) in [7, 11) is 0. The fourth-order valence-corrected chi connectivity index (χ4v) is 0. The van der Waals surface area contributed by atoms with Crippen LogP contribution in [0.1, 0.15) is 0 Å². The summed E-state index contributed by atoms with van der Waals surface area (Å²) in [6.07, 6.45) is 0. The first-order valence-electron chi connectivity index (χ1n) is 0. The molecule has 0 bridgehead atoms. The van der Waals surface area contributed by atoms with Gasteiger partial charge < -0.3 is 0 Å². The molecule has 0 atom stereocenters. The van der Waals surface area contributed by atoms with Crippen LogP contribution >= 0.6 is 0 Å². The van der Waals surface area contributed by atoms with Crippen LogP contribution < -0.4 is 0 Å². The normalized spacial score (nSPS) is 0. The van der Waals surface area contributed by atoms with E-state index in [4.69, 9.17) is 0 Å². The van der Waals surface area contributed by atoms with Crippen LogP contribution in [-0.2, 0) is 92.5 Å². The predicted molar refractivity (Wildman–Crippen MR) is 0 cm³/mol. The predicted octanol–water partition coefficient (Wildman–Crippen LogP) is -0.0125. The van der Waals surface area contributed by atoms with Crippen molar-refractivity contribution in [1.29, 1.82) is 0 Å². The van der Waals surface area contributed by atoms with Gasteiger partial charge >= 0.3 is 0 Å². The molecule has 0 rings (SSSR count). The molecule has 0 aliphatic heterocycles. The molecular weight excluding hydrogens is 464 g/mol. The molecule has 0 aromatic rings. The van der Waals surface area contributed by atoms with E-state index in [0.29, 0.717) is 0 Å². The first-order valence-corrected chi connectivity index (χ1v) is 0. The van der Waals surface area contributed by atoms with Crippen molar-refractivity contribution in [2.75, 3.05) is 0 Å². The van der Waals surface area contributed by atoms with E-state index in [1.54, 1.807) is 0 Å². The second-order valence-corrected chi connectivity index (χ2v) is 0. The topological polar surface area (TPSA) is 0 Å². The van der Waals surface area contributed by atoms with Gasteiger partial charge in [0.05, 0.1) is 0 Å². The fourth-order valence-electron chi connectivity index (χ4n) is 0. The van der Waals surface area contributed by atoms with Gasteiger partial charge in [0.25, 0.3) is 0 Å². The molecule has 0 nitrogen and oxygen atoms in total. The molecule has 0 spiro atoms. The van der Waals surface area contributed by atoms with Crippen molar-refractivity contribution < 1.29 is 92.5 Å². The van der Waals surface area contributed by atoms with Crippen LogP contribution in [0.2, 0.25) is 0 Å². The molecule has 0 saturated carbocycles. The molecule has 5 heavy (non-hydrogen) atoms. The van der Waals surface area contributed by atoms with Crippen LogP contribution in [-0.4, -0.2) is 0 Å². The monoisotopic (exact) mass is 466 g/mol. The average Bonchev–Trinajstić information content (AvgIpc) is 0. The summed E-state index contributed by atoms with van der Waals surface area (Å²) in [5.74, 6) is 0. The molecule has 0 aromatic carbocycles. The molecule has 5 heteroatoms. The molecule has 0 fully saturated rings. The van der Waals surface area contributed by atoms with E-state index in [-0.39, 0.29) is 92.5 Å². The number of hydrogen-bond acceptors (Lipinski definition) is 0. The summed E-state index contributed by atoms with van der Waals surface area (Å²) in [6, 6.07) is 0. The first kappa shape index (κ1) is 44.8. The fraction of sp³-hybridized carbons (Fsp3) is 0. The zero-order chi connectivity index (χ0) is 0. The van der Waals surface area contributed by atoms with E-state index < -0.39 is 0 Å². The van der Waals surface area contributed by atoms with E-state index in [0.717, 1.165) is 0 Å². The van der Waals surface area contributed by atoms with Gasteiger partial charge in [-0.05, 0) is 0 Å². The molecule has 0 saturated heterocycles. The van der Waals surface area contributed by atoms with Crippen molar-refractivity contribution in [2.24, 2.45) is 0 Å². The first-order chi connectivity index (χ1) is 0. The Kier molecular flexibility index (Phi) is 256. The Morgan fingerprint density at radius 1 is 1.00 bits per heavy atom. The van der Waals surface area contributed by atoms with Crippen LogP contribution in [0.25, 0.3) is 0 Å². The molecule has 43 valence electrons. The third kappa shape index (κ3) is 19.7. The SMILES string of the molecule is [Co].[Fe].[Mo].[Ni].[Pt]. The third-order valence-electron chi connectivity index (χ3n) is 0. The second-order valence-electron chi connectivity index (χ2n) is 0. The zero-order valence-electron chi connectivity index (χ0n) is 1.73. The standard InChI is InChI=1S/Co.Fe.Mo.Ni.Pt. The Hall–Kier alpha value is 2.90. The largest absolute Gasteiger partial charge is 0 e. The molecule has 0 heterocycles. The summed E-state index contributed by atoms with van der Waals surface area (Å²) in [4.78, 5) is 0. The molecule has 0 unspecified atom stereocenters. The van der Waals surface area contributed by atoms with Gasteiger partial charge in [-0.2, -0.15) is 0 Å². The van der Waals surface area contributed by atoms with Gasteiger partial charge in [0.1, 0.15) is 0 Å². The maximum atomic E-state index is 0. The average molecular weight is 464 g/mol. The Morgan fingerprint density at radius 2 is 1.00 bits per heavy atom. The van der Waals surface area contributed by atoms with Crippen molar-refractivity contribution in [3.63, 3.8) is 0 Å². The van der Waals surface area contributed by atoms with Gasteiger partial charge in [-0.15, -0.1) is 0 Å². The van der Waals surface area contributed by atoms with Crippen LogP contribution in [0, 0.1) is 0 Å². The maximum Gasteiger partial charge on any atom is 0 e. The minimum Gasteiger partial charge on any atom is 0 e. The van der Waals surface area contributed by atoms with Gasteiger partial charge in [0, 0.05) is 92.5 Å². The van der Waals surface area contributed by atoms with Crippen LogP contribution in [0.5, 0.6) is 0 Å². The molecule has 1 radical (unpaired) electrons. The summed E-state index contributed by atoms with van der Waals surface area (Å²) < 4.78 is 0. The summed E-state index contributed by atoms with van der Waals surface area (Å²) in [5.41, 5.74) is 0. The van der Waals surface area contributed by atoms with Crippen molar-refractivity contribution in [2.45, 2.75) is 0 Å². The van der Waals surface area contributed by atoms with Crippen LogP contribution in [0.3, 0.4) is 0 Å². The Morgan fingerprint density at radius 3 is 1.00 bits per heavy atom. The number of rotatable bonds is 0. The minimum atomic E-state index is 0.